The summed E-state index contributed by atoms with van der Waals surface area (Å²) in [6.45, 7) is 5.19. The molecule has 0 aliphatic rings. The van der Waals surface area contributed by atoms with Gasteiger partial charge in [0.1, 0.15) is 24.1 Å². The zero-order chi connectivity index (χ0) is 30.9. The molecule has 3 aromatic rings. The van der Waals surface area contributed by atoms with Crippen LogP contribution in [0.1, 0.15) is 39.2 Å². The third kappa shape index (κ3) is 8.17. The monoisotopic (exact) mass is 615 g/mol. The number of hydrogen-bond donors (Lipinski definition) is 1. The maximum absolute atomic E-state index is 14.2. The first-order chi connectivity index (χ1) is 20.0. The van der Waals surface area contributed by atoms with Crippen molar-refractivity contribution in [3.63, 3.8) is 0 Å². The van der Waals surface area contributed by atoms with Crippen molar-refractivity contribution in [2.24, 2.45) is 0 Å². The van der Waals surface area contributed by atoms with Gasteiger partial charge in [0.2, 0.25) is 11.8 Å². The number of amides is 2. The van der Waals surface area contributed by atoms with Crippen molar-refractivity contribution in [3.05, 3.63) is 83.4 Å². The largest absolute Gasteiger partial charge is 0.497 e. The quantitative estimate of drug-likeness (QED) is 0.265. The van der Waals surface area contributed by atoms with E-state index in [1.54, 1.807) is 37.4 Å². The van der Waals surface area contributed by atoms with Crippen LogP contribution in [0.25, 0.3) is 0 Å². The van der Waals surface area contributed by atoms with Crippen molar-refractivity contribution in [3.8, 4) is 11.5 Å². The van der Waals surface area contributed by atoms with Crippen molar-refractivity contribution >= 4 is 39.1 Å². The Morgan fingerprint density at radius 2 is 1.55 bits per heavy atom. The van der Waals surface area contributed by atoms with E-state index < -0.39 is 28.5 Å². The molecule has 2 atom stereocenters. The zero-order valence-corrected chi connectivity index (χ0v) is 26.1. The molecule has 0 aromatic heterocycles. The fraction of sp³-hybridized carbons (Fsp3) is 0.355. The van der Waals surface area contributed by atoms with E-state index in [2.05, 4.69) is 5.32 Å². The summed E-state index contributed by atoms with van der Waals surface area (Å²) in [5.74, 6) is 0.239. The third-order valence-electron chi connectivity index (χ3n) is 6.91. The fourth-order valence-corrected chi connectivity index (χ4v) is 5.88. The number of carbonyl (C=O) groups is 2. The van der Waals surface area contributed by atoms with E-state index in [0.29, 0.717) is 22.9 Å². The van der Waals surface area contributed by atoms with E-state index in [-0.39, 0.29) is 29.1 Å². The lowest BCUT2D eigenvalue weighted by Gasteiger charge is -2.33. The molecular formula is C31H38ClN3O6S. The molecule has 0 saturated carbocycles. The molecule has 0 spiro atoms. The van der Waals surface area contributed by atoms with Crippen LogP contribution < -0.4 is 19.1 Å². The highest BCUT2D eigenvalue weighted by molar-refractivity contribution is 7.92. The molecule has 1 N–H and O–H groups in total. The van der Waals surface area contributed by atoms with Crippen LogP contribution in [0.2, 0.25) is 5.02 Å². The number of anilines is 1. The Kier molecular flexibility index (Phi) is 11.6. The summed E-state index contributed by atoms with van der Waals surface area (Å²) in [6.07, 6.45) is 1.04. The molecule has 226 valence electrons. The van der Waals surface area contributed by atoms with E-state index >= 15 is 0 Å². The first kappa shape index (κ1) is 32.8. The van der Waals surface area contributed by atoms with Gasteiger partial charge in [-0.2, -0.15) is 0 Å². The second-order valence-corrected chi connectivity index (χ2v) is 12.1. The molecule has 42 heavy (non-hydrogen) atoms. The fourth-order valence-electron chi connectivity index (χ4n) is 4.34. The van der Waals surface area contributed by atoms with Gasteiger partial charge in [-0.25, -0.2) is 8.42 Å². The number of nitrogens with zero attached hydrogens (tertiary/aromatic N) is 2. The second kappa shape index (κ2) is 14.9. The molecule has 2 amide bonds. The summed E-state index contributed by atoms with van der Waals surface area (Å²) in [7, 11) is -1.18. The molecular weight excluding hydrogens is 578 g/mol. The van der Waals surface area contributed by atoms with Gasteiger partial charge in [-0.05, 0) is 86.0 Å². The Morgan fingerprint density at radius 1 is 0.905 bits per heavy atom. The molecule has 11 heteroatoms. The Bertz CT molecular complexity index is 1450. The third-order valence-corrected chi connectivity index (χ3v) is 8.95. The van der Waals surface area contributed by atoms with E-state index in [4.69, 9.17) is 21.1 Å². The molecule has 0 saturated heterocycles. The van der Waals surface area contributed by atoms with E-state index in [9.17, 15) is 18.0 Å². The average Bonchev–Trinajstić information content (AvgIpc) is 3.00. The summed E-state index contributed by atoms with van der Waals surface area (Å²) in [4.78, 5) is 28.9. The Labute approximate surface area is 253 Å². The van der Waals surface area contributed by atoms with Gasteiger partial charge in [-0.3, -0.25) is 13.9 Å². The number of methoxy groups -OCH3 is 2. The second-order valence-electron chi connectivity index (χ2n) is 9.78. The predicted molar refractivity (Wildman–Crippen MR) is 164 cm³/mol. The number of carbonyl (C=O) groups excluding carboxylic acids is 2. The van der Waals surface area contributed by atoms with Crippen molar-refractivity contribution in [1.29, 1.82) is 0 Å². The maximum atomic E-state index is 14.2. The van der Waals surface area contributed by atoms with Gasteiger partial charge >= 0.3 is 0 Å². The molecule has 0 unspecified atom stereocenters. The van der Waals surface area contributed by atoms with E-state index in [0.717, 1.165) is 16.3 Å². The van der Waals surface area contributed by atoms with Crippen LogP contribution >= 0.6 is 11.6 Å². The summed E-state index contributed by atoms with van der Waals surface area (Å²) in [5, 5.41) is 3.38. The molecule has 9 nitrogen and oxygen atoms in total. The van der Waals surface area contributed by atoms with Gasteiger partial charge in [-0.1, -0.05) is 37.6 Å². The molecule has 0 radical (unpaired) electrons. The molecule has 0 fully saturated rings. The first-order valence-electron chi connectivity index (χ1n) is 13.7. The number of nitrogens with one attached hydrogen (secondary N) is 1. The molecule has 3 rings (SSSR count). The Balaban J connectivity index is 2.06. The summed E-state index contributed by atoms with van der Waals surface area (Å²) in [6, 6.07) is 18.4. The number of sulfonamides is 1. The van der Waals surface area contributed by atoms with Crippen LogP contribution in [0.15, 0.2) is 77.7 Å². The predicted octanol–water partition coefficient (Wildman–Crippen LogP) is 5.27. The van der Waals surface area contributed by atoms with Crippen molar-refractivity contribution in [2.45, 2.75) is 57.1 Å². The van der Waals surface area contributed by atoms with Gasteiger partial charge in [-0.15, -0.1) is 0 Å². The van der Waals surface area contributed by atoms with Crippen LogP contribution in [0.3, 0.4) is 0 Å². The van der Waals surface area contributed by atoms with Gasteiger partial charge in [0.25, 0.3) is 10.0 Å². The number of ether oxygens (including phenoxy) is 2. The zero-order valence-electron chi connectivity index (χ0n) is 24.5. The summed E-state index contributed by atoms with van der Waals surface area (Å²) >= 11 is 6.09. The lowest BCUT2D eigenvalue weighted by atomic mass is 10.1. The maximum Gasteiger partial charge on any atom is 0.264 e. The van der Waals surface area contributed by atoms with E-state index in [1.807, 2.05) is 26.8 Å². The van der Waals surface area contributed by atoms with Gasteiger partial charge in [0, 0.05) is 17.6 Å². The van der Waals surface area contributed by atoms with Crippen LogP contribution in [-0.4, -0.2) is 58.0 Å². The van der Waals surface area contributed by atoms with Crippen LogP contribution in [0, 0.1) is 0 Å². The van der Waals surface area contributed by atoms with Crippen LogP contribution in [-0.2, 0) is 26.2 Å². The van der Waals surface area contributed by atoms with Gasteiger partial charge < -0.3 is 19.7 Å². The average molecular weight is 616 g/mol. The molecule has 0 bridgehead atoms. The van der Waals surface area contributed by atoms with Crippen molar-refractivity contribution in [2.75, 3.05) is 25.1 Å². The van der Waals surface area contributed by atoms with Crippen molar-refractivity contribution in [1.82, 2.24) is 10.2 Å². The van der Waals surface area contributed by atoms with Crippen molar-refractivity contribution < 1.29 is 27.5 Å². The minimum Gasteiger partial charge on any atom is -0.497 e. The number of halogens is 1. The highest BCUT2D eigenvalue weighted by atomic mass is 35.5. The minimum atomic E-state index is -4.21. The van der Waals surface area contributed by atoms with Crippen LogP contribution in [0.4, 0.5) is 5.69 Å². The smallest absolute Gasteiger partial charge is 0.264 e. The Hall–Kier alpha value is -3.76. The lowest BCUT2D eigenvalue weighted by molar-refractivity contribution is -0.140. The highest BCUT2D eigenvalue weighted by Crippen LogP contribution is 2.27. The number of hydrogen-bond acceptors (Lipinski definition) is 6. The Morgan fingerprint density at radius 3 is 2.12 bits per heavy atom. The number of rotatable bonds is 14. The number of benzene rings is 3. The van der Waals surface area contributed by atoms with E-state index in [1.165, 1.54) is 48.4 Å². The highest BCUT2D eigenvalue weighted by Gasteiger charge is 2.34. The summed E-state index contributed by atoms with van der Waals surface area (Å²) in [5.41, 5.74) is 0.982. The SMILES string of the molecule is CC[C@H](C)NC(=O)[C@H](CC)N(Cc1cccc(OC)c1)C(=O)CN(c1ccc(Cl)cc1)S(=O)(=O)c1ccc(OC)cc1. The molecule has 0 aliphatic heterocycles. The lowest BCUT2D eigenvalue weighted by Crippen LogP contribution is -2.53. The molecule has 0 aliphatic carbocycles. The molecule has 3 aromatic carbocycles. The minimum absolute atomic E-state index is 0.0213. The van der Waals surface area contributed by atoms with Gasteiger partial charge in [0.05, 0.1) is 24.8 Å². The topological polar surface area (TPSA) is 105 Å². The molecule has 0 heterocycles. The first-order valence-corrected chi connectivity index (χ1v) is 15.5. The normalized spacial score (nSPS) is 12.6. The van der Waals surface area contributed by atoms with Gasteiger partial charge in [0.15, 0.2) is 0 Å². The van der Waals surface area contributed by atoms with Crippen LogP contribution in [0.5, 0.6) is 11.5 Å². The standard InChI is InChI=1S/C31H38ClN3O6S/c1-6-22(3)33-31(37)29(7-2)34(20-23-9-8-10-27(19-23)41-5)30(36)21-35(25-13-11-24(32)12-14-25)42(38,39)28-17-15-26(40-4)16-18-28/h8-19,22,29H,6-7,20-21H2,1-5H3,(H,33,37)/t22-,29-/m0/s1. The summed E-state index contributed by atoms with van der Waals surface area (Å²) < 4.78 is 39.5.